The zero-order valence-corrected chi connectivity index (χ0v) is 18.7. The summed E-state index contributed by atoms with van der Waals surface area (Å²) in [6.45, 7) is 1.78. The molecule has 1 saturated heterocycles. The first-order valence-electron chi connectivity index (χ1n) is 10.0. The highest BCUT2D eigenvalue weighted by Crippen LogP contribution is 2.32. The van der Waals surface area contributed by atoms with Gasteiger partial charge in [0.1, 0.15) is 5.69 Å². The van der Waals surface area contributed by atoms with Crippen LogP contribution in [-0.4, -0.2) is 40.6 Å². The van der Waals surface area contributed by atoms with Crippen molar-refractivity contribution in [3.63, 3.8) is 0 Å². The van der Waals surface area contributed by atoms with Gasteiger partial charge in [-0.05, 0) is 49.7 Å². The van der Waals surface area contributed by atoms with E-state index in [0.717, 1.165) is 0 Å². The number of sulfone groups is 1. The van der Waals surface area contributed by atoms with Crippen LogP contribution in [0, 0.1) is 6.92 Å². The number of rotatable bonds is 4. The van der Waals surface area contributed by atoms with Crippen LogP contribution in [0.25, 0.3) is 22.5 Å². The Balaban J connectivity index is 1.67. The minimum Gasteiger partial charge on any atom is -0.463 e. The summed E-state index contributed by atoms with van der Waals surface area (Å²) in [5.74, 6) is 0.250. The molecule has 164 valence electrons. The molecule has 5 rings (SSSR count). The molecule has 0 bridgehead atoms. The van der Waals surface area contributed by atoms with Gasteiger partial charge in [0.05, 0.1) is 40.5 Å². The molecule has 4 aromatic rings. The van der Waals surface area contributed by atoms with Gasteiger partial charge < -0.3 is 9.73 Å². The highest BCUT2D eigenvalue weighted by molar-refractivity contribution is 7.91. The van der Waals surface area contributed by atoms with Gasteiger partial charge in [0.2, 0.25) is 0 Å². The van der Waals surface area contributed by atoms with E-state index < -0.39 is 9.84 Å². The molecule has 1 atom stereocenters. The number of furan rings is 1. The monoisotopic (exact) mass is 470 g/mol. The molecule has 0 spiro atoms. The van der Waals surface area contributed by atoms with Gasteiger partial charge in [0.15, 0.2) is 21.2 Å². The number of aryl methyl sites for hydroxylation is 1. The van der Waals surface area contributed by atoms with Gasteiger partial charge in [-0.25, -0.2) is 18.1 Å². The molecule has 1 N–H and O–H groups in total. The fourth-order valence-corrected chi connectivity index (χ4v) is 5.91. The fourth-order valence-electron chi connectivity index (χ4n) is 4.03. The number of hydrogen-bond donors (Lipinski definition) is 1. The summed E-state index contributed by atoms with van der Waals surface area (Å²) >= 11 is 6.05. The Morgan fingerprint density at radius 1 is 1.25 bits per heavy atom. The van der Waals surface area contributed by atoms with E-state index in [1.165, 1.54) is 6.26 Å². The zero-order valence-electron chi connectivity index (χ0n) is 17.1. The summed E-state index contributed by atoms with van der Waals surface area (Å²) < 4.78 is 31.3. The number of halogens is 1. The second-order valence-corrected chi connectivity index (χ2v) is 10.4. The van der Waals surface area contributed by atoms with Crippen molar-refractivity contribution in [3.05, 3.63) is 65.0 Å². The van der Waals surface area contributed by atoms with Crippen molar-refractivity contribution < 1.29 is 17.6 Å². The summed E-state index contributed by atoms with van der Waals surface area (Å²) in [6.07, 6.45) is 1.98. The van der Waals surface area contributed by atoms with Crippen molar-refractivity contribution in [2.24, 2.45) is 0 Å². The van der Waals surface area contributed by atoms with E-state index in [2.05, 4.69) is 10.4 Å². The van der Waals surface area contributed by atoms with Gasteiger partial charge in [-0.15, -0.1) is 0 Å². The molecule has 3 aromatic heterocycles. The molecule has 1 amide bonds. The van der Waals surface area contributed by atoms with Crippen LogP contribution in [0.4, 0.5) is 5.69 Å². The van der Waals surface area contributed by atoms with Crippen LogP contribution >= 0.6 is 11.6 Å². The van der Waals surface area contributed by atoms with E-state index in [1.807, 2.05) is 0 Å². The van der Waals surface area contributed by atoms with Crippen LogP contribution in [0.3, 0.4) is 0 Å². The maximum atomic E-state index is 13.3. The molecule has 1 aliphatic heterocycles. The summed E-state index contributed by atoms with van der Waals surface area (Å²) in [6, 6.07) is 11.7. The van der Waals surface area contributed by atoms with E-state index in [9.17, 15) is 13.2 Å². The Labute approximate surface area is 189 Å². The highest BCUT2D eigenvalue weighted by atomic mass is 35.5. The first-order valence-corrected chi connectivity index (χ1v) is 12.2. The standard InChI is InChI=1S/C22H19ClN4O4S/c1-13-20-17(22(28)24-15-5-2-4-14(23)10-15)11-18(19-6-3-8-31-19)25-21(20)27(26-13)16-7-9-32(29,30)12-16/h2-6,8,10-11,16H,7,9,12H2,1H3,(H,24,28). The molecule has 32 heavy (non-hydrogen) atoms. The Kier molecular flexibility index (Phi) is 5.02. The number of nitrogens with zero attached hydrogens (tertiary/aromatic N) is 3. The molecular weight excluding hydrogens is 452 g/mol. The number of pyridine rings is 1. The minimum absolute atomic E-state index is 0.0000756. The number of amides is 1. The average Bonchev–Trinajstić information content (AvgIpc) is 3.47. The lowest BCUT2D eigenvalue weighted by Crippen LogP contribution is -2.15. The van der Waals surface area contributed by atoms with Gasteiger partial charge >= 0.3 is 0 Å². The van der Waals surface area contributed by atoms with Crippen molar-refractivity contribution in [2.75, 3.05) is 16.8 Å². The normalized spacial score (nSPS) is 17.6. The highest BCUT2D eigenvalue weighted by Gasteiger charge is 2.32. The fraction of sp³-hybridized carbons (Fsp3) is 0.227. The molecule has 1 aliphatic rings. The van der Waals surface area contributed by atoms with Crippen molar-refractivity contribution in [1.29, 1.82) is 0 Å². The van der Waals surface area contributed by atoms with Crippen LogP contribution in [0.2, 0.25) is 5.02 Å². The zero-order chi connectivity index (χ0) is 22.5. The summed E-state index contributed by atoms with van der Waals surface area (Å²) in [5.41, 5.74) is 2.43. The number of carbonyl (C=O) groups excluding carboxylic acids is 1. The van der Waals surface area contributed by atoms with Gasteiger partial charge in [-0.3, -0.25) is 4.79 Å². The van der Waals surface area contributed by atoms with Crippen molar-refractivity contribution in [2.45, 2.75) is 19.4 Å². The Morgan fingerprint density at radius 2 is 2.09 bits per heavy atom. The van der Waals surface area contributed by atoms with Crippen LogP contribution in [0.15, 0.2) is 53.1 Å². The van der Waals surface area contributed by atoms with Gasteiger partial charge in [0, 0.05) is 10.7 Å². The molecule has 8 nitrogen and oxygen atoms in total. The van der Waals surface area contributed by atoms with Gasteiger partial charge in [0.25, 0.3) is 5.91 Å². The lowest BCUT2D eigenvalue weighted by atomic mass is 10.1. The number of benzene rings is 1. The Morgan fingerprint density at radius 3 is 2.78 bits per heavy atom. The number of anilines is 1. The first kappa shape index (κ1) is 20.7. The van der Waals surface area contributed by atoms with E-state index in [1.54, 1.807) is 54.1 Å². The van der Waals surface area contributed by atoms with Gasteiger partial charge in [-0.1, -0.05) is 17.7 Å². The molecule has 0 aliphatic carbocycles. The lowest BCUT2D eigenvalue weighted by Gasteiger charge is -2.12. The third-order valence-corrected chi connectivity index (χ3v) is 7.48. The molecule has 1 unspecified atom stereocenters. The number of hydrogen-bond acceptors (Lipinski definition) is 6. The summed E-state index contributed by atoms with van der Waals surface area (Å²) in [7, 11) is -3.13. The van der Waals surface area contributed by atoms with Crippen LogP contribution in [-0.2, 0) is 9.84 Å². The number of fused-ring (bicyclic) bond motifs is 1. The third-order valence-electron chi connectivity index (χ3n) is 5.49. The van der Waals surface area contributed by atoms with E-state index in [0.29, 0.717) is 50.9 Å². The Hall–Kier alpha value is -3.17. The lowest BCUT2D eigenvalue weighted by molar-refractivity contribution is 0.102. The number of aromatic nitrogens is 3. The number of carbonyl (C=O) groups is 1. The second-order valence-electron chi connectivity index (χ2n) is 7.78. The molecule has 1 aromatic carbocycles. The maximum absolute atomic E-state index is 13.3. The van der Waals surface area contributed by atoms with Crippen molar-refractivity contribution in [3.8, 4) is 11.5 Å². The summed E-state index contributed by atoms with van der Waals surface area (Å²) in [4.78, 5) is 18.0. The maximum Gasteiger partial charge on any atom is 0.256 e. The predicted octanol–water partition coefficient (Wildman–Crippen LogP) is 4.27. The van der Waals surface area contributed by atoms with Crippen LogP contribution in [0.5, 0.6) is 0 Å². The van der Waals surface area contributed by atoms with Gasteiger partial charge in [-0.2, -0.15) is 5.10 Å². The van der Waals surface area contributed by atoms with Crippen LogP contribution in [0.1, 0.15) is 28.5 Å². The second kappa shape index (κ2) is 7.75. The largest absolute Gasteiger partial charge is 0.463 e. The van der Waals surface area contributed by atoms with Crippen LogP contribution < -0.4 is 5.32 Å². The first-order chi connectivity index (χ1) is 15.3. The van der Waals surface area contributed by atoms with Crippen molar-refractivity contribution in [1.82, 2.24) is 14.8 Å². The molecule has 4 heterocycles. The topological polar surface area (TPSA) is 107 Å². The van der Waals surface area contributed by atoms with E-state index in [4.69, 9.17) is 21.0 Å². The van der Waals surface area contributed by atoms with E-state index >= 15 is 0 Å². The SMILES string of the molecule is Cc1nn(C2CCS(=O)(=O)C2)c2nc(-c3ccco3)cc(C(=O)Nc3cccc(Cl)c3)c12. The molecule has 1 fully saturated rings. The minimum atomic E-state index is -3.13. The van der Waals surface area contributed by atoms with E-state index in [-0.39, 0.29) is 23.5 Å². The molecule has 10 heteroatoms. The molecule has 0 radical (unpaired) electrons. The van der Waals surface area contributed by atoms with Crippen molar-refractivity contribution >= 4 is 44.1 Å². The predicted molar refractivity (Wildman–Crippen MR) is 122 cm³/mol. The smallest absolute Gasteiger partial charge is 0.256 e. The number of nitrogens with one attached hydrogen (secondary N) is 1. The quantitative estimate of drug-likeness (QED) is 0.477. The third kappa shape index (κ3) is 3.78. The summed E-state index contributed by atoms with van der Waals surface area (Å²) in [5, 5.41) is 8.53. The molecule has 0 saturated carbocycles. The Bertz CT molecular complexity index is 1440. The molecular formula is C22H19ClN4O4S. The average molecular weight is 471 g/mol.